The summed E-state index contributed by atoms with van der Waals surface area (Å²) in [5.41, 5.74) is 7.74. The highest BCUT2D eigenvalue weighted by molar-refractivity contribution is 6.41. The van der Waals surface area contributed by atoms with Crippen LogP contribution in [0, 0.1) is 0 Å². The van der Waals surface area contributed by atoms with Crippen molar-refractivity contribution in [1.82, 2.24) is 15.0 Å². The predicted octanol–water partition coefficient (Wildman–Crippen LogP) is 3.94. The number of guanidine groups is 1. The van der Waals surface area contributed by atoms with E-state index < -0.39 is 0 Å². The van der Waals surface area contributed by atoms with Crippen molar-refractivity contribution in [2.45, 2.75) is 26.2 Å². The Morgan fingerprint density at radius 3 is 2.58 bits per heavy atom. The quantitative estimate of drug-likeness (QED) is 0.462. The number of carbonyl (C=O) groups excluding carboxylic acids is 1. The number of nitrogens with two attached hydrogens (primary N) is 1. The van der Waals surface area contributed by atoms with Crippen LogP contribution in [0.2, 0.25) is 5.02 Å². The largest absolute Gasteiger partial charge is 0.383 e. The molecule has 1 aromatic heterocycles. The Morgan fingerprint density at radius 2 is 1.95 bits per heavy atom. The summed E-state index contributed by atoms with van der Waals surface area (Å²) in [6, 6.07) is 6.49. The maximum absolute atomic E-state index is 12.9. The molecule has 0 aliphatic carbocycles. The van der Waals surface area contributed by atoms with E-state index in [9.17, 15) is 4.79 Å². The number of halogens is 1. The van der Waals surface area contributed by atoms with Crippen LogP contribution in [0.15, 0.2) is 68.1 Å². The number of rotatable bonds is 8. The van der Waals surface area contributed by atoms with Crippen molar-refractivity contribution >= 4 is 46.9 Å². The second-order valence-corrected chi connectivity index (χ2v) is 10.4. The number of carbonyl (C=O) groups is 1. The Labute approximate surface area is 227 Å². The Morgan fingerprint density at radius 1 is 1.21 bits per heavy atom. The topological polar surface area (TPSA) is 137 Å². The summed E-state index contributed by atoms with van der Waals surface area (Å²) in [6.07, 6.45) is 2.97. The van der Waals surface area contributed by atoms with Gasteiger partial charge in [-0.2, -0.15) is 0 Å². The zero-order valence-electron chi connectivity index (χ0n) is 22.5. The summed E-state index contributed by atoms with van der Waals surface area (Å²) in [7, 11) is 5.89. The number of allylic oxidation sites excluding steroid dienone is 1. The van der Waals surface area contributed by atoms with Crippen LogP contribution in [0.4, 0.5) is 11.5 Å². The van der Waals surface area contributed by atoms with Crippen LogP contribution in [-0.2, 0) is 5.41 Å². The zero-order chi connectivity index (χ0) is 28.0. The van der Waals surface area contributed by atoms with Crippen LogP contribution in [0.1, 0.15) is 36.9 Å². The van der Waals surface area contributed by atoms with E-state index in [1.807, 2.05) is 46.8 Å². The van der Waals surface area contributed by atoms with Gasteiger partial charge in [0.25, 0.3) is 5.91 Å². The number of benzene rings is 1. The van der Waals surface area contributed by atoms with Crippen molar-refractivity contribution in [3.05, 3.63) is 64.9 Å². The van der Waals surface area contributed by atoms with Crippen molar-refractivity contribution in [2.24, 2.45) is 20.7 Å². The highest BCUT2D eigenvalue weighted by Gasteiger charge is 2.22. The lowest BCUT2D eigenvalue weighted by atomic mass is 9.93. The number of hydrogen-bond donors (Lipinski definition) is 3. The standard InChI is InChI=1S/C26H34ClN9O2/c1-8-29-19-15-30-25(36(7)12-11-35(5)6)33-22(19)23(28)31-18-13-16(9-10-17(18)27)24(37)32-21-14-20(38-34-21)26(2,3)4/h8-10,13-15,31H,1,11-12,28H2,2-7H3,(H,32,34,37)/b23-22-,29-19-. The minimum Gasteiger partial charge on any atom is -0.383 e. The molecule has 202 valence electrons. The van der Waals surface area contributed by atoms with E-state index in [1.165, 1.54) is 6.20 Å². The number of nitrogens with one attached hydrogen (secondary N) is 2. The molecule has 1 aliphatic heterocycles. The van der Waals surface area contributed by atoms with Gasteiger partial charge in [0.1, 0.15) is 23.0 Å². The fraction of sp³-hybridized carbons (Fsp3) is 0.346. The Hall–Kier alpha value is -3.96. The molecule has 1 amide bonds. The summed E-state index contributed by atoms with van der Waals surface area (Å²) >= 11 is 6.42. The molecule has 2 aromatic rings. The van der Waals surface area contributed by atoms with Crippen molar-refractivity contribution in [2.75, 3.05) is 44.9 Å². The molecule has 3 rings (SSSR count). The van der Waals surface area contributed by atoms with Gasteiger partial charge in [0.2, 0.25) is 5.96 Å². The molecule has 0 bridgehead atoms. The van der Waals surface area contributed by atoms with Crippen LogP contribution in [0.5, 0.6) is 0 Å². The van der Waals surface area contributed by atoms with E-state index >= 15 is 0 Å². The minimum absolute atomic E-state index is 0.182. The molecule has 11 nitrogen and oxygen atoms in total. The van der Waals surface area contributed by atoms with Gasteiger partial charge in [0.05, 0.1) is 16.9 Å². The lowest BCUT2D eigenvalue weighted by molar-refractivity contribution is 0.102. The molecule has 0 atom stereocenters. The molecule has 0 saturated heterocycles. The number of hydrogen-bond acceptors (Lipinski definition) is 10. The lowest BCUT2D eigenvalue weighted by Crippen LogP contribution is -2.35. The van der Waals surface area contributed by atoms with Crippen LogP contribution in [0.25, 0.3) is 0 Å². The van der Waals surface area contributed by atoms with E-state index in [1.54, 1.807) is 30.5 Å². The van der Waals surface area contributed by atoms with Gasteiger partial charge in [-0.25, -0.2) is 9.98 Å². The molecule has 4 N–H and O–H groups in total. The van der Waals surface area contributed by atoms with E-state index in [-0.39, 0.29) is 17.1 Å². The van der Waals surface area contributed by atoms with Gasteiger partial charge in [0, 0.05) is 43.4 Å². The van der Waals surface area contributed by atoms with E-state index in [0.717, 1.165) is 6.54 Å². The SMILES string of the molecule is C=C/N=C1/C=NC(N(C)CCN(C)C)=N/C1=C(/N)Nc1cc(C(=O)Nc2cc(C(C)(C)C)on2)ccc1Cl. The number of aliphatic imine (C=N–C) groups is 3. The molecule has 0 saturated carbocycles. The molecule has 0 spiro atoms. The van der Waals surface area contributed by atoms with Crippen molar-refractivity contribution in [1.29, 1.82) is 0 Å². The highest BCUT2D eigenvalue weighted by Crippen LogP contribution is 2.27. The molecular weight excluding hydrogens is 506 g/mol. The molecular formula is C26H34ClN9O2. The first-order chi connectivity index (χ1) is 17.9. The number of likely N-dealkylation sites (N-methyl/N-ethyl adjacent to an activating group) is 2. The van der Waals surface area contributed by atoms with Gasteiger partial charge < -0.3 is 30.7 Å². The monoisotopic (exact) mass is 539 g/mol. The van der Waals surface area contributed by atoms with Gasteiger partial charge >= 0.3 is 0 Å². The molecule has 1 aromatic carbocycles. The summed E-state index contributed by atoms with van der Waals surface area (Å²) in [6.45, 7) is 11.2. The molecule has 0 fully saturated rings. The Bertz CT molecular complexity index is 1320. The van der Waals surface area contributed by atoms with Crippen molar-refractivity contribution in [3.63, 3.8) is 0 Å². The third kappa shape index (κ3) is 7.30. The fourth-order valence-electron chi connectivity index (χ4n) is 3.23. The maximum atomic E-state index is 12.9. The Balaban J connectivity index is 1.86. The number of nitrogens with zero attached hydrogens (tertiary/aromatic N) is 6. The van der Waals surface area contributed by atoms with Crippen LogP contribution in [0.3, 0.4) is 0 Å². The molecule has 0 radical (unpaired) electrons. The third-order valence-corrected chi connectivity index (χ3v) is 5.78. The average molecular weight is 540 g/mol. The van der Waals surface area contributed by atoms with Crippen LogP contribution in [-0.4, -0.2) is 73.0 Å². The molecule has 38 heavy (non-hydrogen) atoms. The first kappa shape index (κ1) is 28.6. The number of amides is 1. The van der Waals surface area contributed by atoms with Crippen molar-refractivity contribution < 1.29 is 9.32 Å². The normalized spacial score (nSPS) is 15.9. The summed E-state index contributed by atoms with van der Waals surface area (Å²) in [5.74, 6) is 1.26. The smallest absolute Gasteiger partial charge is 0.256 e. The van der Waals surface area contributed by atoms with Gasteiger partial charge in [0.15, 0.2) is 5.82 Å². The molecule has 1 aliphatic rings. The Kier molecular flexibility index (Phi) is 9.08. The minimum atomic E-state index is -0.383. The molecule has 12 heteroatoms. The van der Waals surface area contributed by atoms with Gasteiger partial charge in [-0.05, 0) is 32.3 Å². The second kappa shape index (κ2) is 12.1. The van der Waals surface area contributed by atoms with Crippen molar-refractivity contribution in [3.8, 4) is 0 Å². The second-order valence-electron chi connectivity index (χ2n) is 9.95. The van der Waals surface area contributed by atoms with E-state index in [4.69, 9.17) is 21.9 Å². The maximum Gasteiger partial charge on any atom is 0.256 e. The number of anilines is 2. The lowest BCUT2D eigenvalue weighted by Gasteiger charge is -2.23. The van der Waals surface area contributed by atoms with Gasteiger partial charge in [-0.15, -0.1) is 0 Å². The van der Waals surface area contributed by atoms with E-state index in [2.05, 4.69) is 42.2 Å². The summed E-state index contributed by atoms with van der Waals surface area (Å²) < 4.78 is 5.34. The highest BCUT2D eigenvalue weighted by atomic mass is 35.5. The average Bonchev–Trinajstić information content (AvgIpc) is 3.33. The van der Waals surface area contributed by atoms with Crippen LogP contribution >= 0.6 is 11.6 Å². The fourth-order valence-corrected chi connectivity index (χ4v) is 3.40. The molecule has 2 heterocycles. The summed E-state index contributed by atoms with van der Waals surface area (Å²) in [5, 5.41) is 10.1. The van der Waals surface area contributed by atoms with Gasteiger partial charge in [-0.1, -0.05) is 44.1 Å². The first-order valence-corrected chi connectivity index (χ1v) is 12.3. The van der Waals surface area contributed by atoms with E-state index in [0.29, 0.717) is 51.8 Å². The van der Waals surface area contributed by atoms with Crippen LogP contribution < -0.4 is 16.4 Å². The van der Waals surface area contributed by atoms with Gasteiger partial charge in [-0.3, -0.25) is 9.79 Å². The molecule has 0 unspecified atom stereocenters. The number of aromatic nitrogens is 1. The third-order valence-electron chi connectivity index (χ3n) is 5.46. The first-order valence-electron chi connectivity index (χ1n) is 11.9. The predicted molar refractivity (Wildman–Crippen MR) is 154 cm³/mol. The summed E-state index contributed by atoms with van der Waals surface area (Å²) in [4.78, 5) is 30.1. The zero-order valence-corrected chi connectivity index (χ0v) is 23.3.